The molecule has 0 aromatic heterocycles. The Morgan fingerprint density at radius 1 is 1.24 bits per heavy atom. The second kappa shape index (κ2) is 3.71. The summed E-state index contributed by atoms with van der Waals surface area (Å²) in [7, 11) is -3.05. The van der Waals surface area contributed by atoms with Crippen LogP contribution in [0.15, 0.2) is 18.2 Å². The summed E-state index contributed by atoms with van der Waals surface area (Å²) in [6, 6.07) is 5.78. The number of hydrogen-bond donors (Lipinski definition) is 1. The van der Waals surface area contributed by atoms with Gasteiger partial charge in [0.2, 0.25) is 10.0 Å². The summed E-state index contributed by atoms with van der Waals surface area (Å²) in [5.74, 6) is 0. The second-order valence-corrected chi connectivity index (χ2v) is 7.07. The fourth-order valence-corrected chi connectivity index (χ4v) is 4.16. The van der Waals surface area contributed by atoms with Crippen LogP contribution in [0.5, 0.6) is 0 Å². The Kier molecular flexibility index (Phi) is 2.41. The zero-order valence-electron chi connectivity index (χ0n) is 9.59. The van der Waals surface area contributed by atoms with Gasteiger partial charge in [0.15, 0.2) is 0 Å². The van der Waals surface area contributed by atoms with E-state index in [9.17, 15) is 8.42 Å². The largest absolute Gasteiger partial charge is 0.399 e. The third-order valence-corrected chi connectivity index (χ3v) is 5.86. The summed E-state index contributed by atoms with van der Waals surface area (Å²) in [6.07, 6.45) is 2.44. The first kappa shape index (κ1) is 11.0. The van der Waals surface area contributed by atoms with Crippen molar-refractivity contribution in [2.24, 2.45) is 0 Å². The van der Waals surface area contributed by atoms with E-state index in [2.05, 4.69) is 0 Å². The zero-order valence-corrected chi connectivity index (χ0v) is 10.4. The maximum absolute atomic E-state index is 12.1. The van der Waals surface area contributed by atoms with Crippen molar-refractivity contribution >= 4 is 15.7 Å². The van der Waals surface area contributed by atoms with Crippen LogP contribution in [0.25, 0.3) is 0 Å². The van der Waals surface area contributed by atoms with Crippen LogP contribution in [0.4, 0.5) is 5.69 Å². The number of benzene rings is 1. The Balaban J connectivity index is 1.89. The summed E-state index contributed by atoms with van der Waals surface area (Å²) in [6.45, 7) is 1.09. The summed E-state index contributed by atoms with van der Waals surface area (Å²) >= 11 is 0. The number of nitrogen functional groups attached to an aromatic ring is 1. The van der Waals surface area contributed by atoms with Gasteiger partial charge in [-0.05, 0) is 42.5 Å². The van der Waals surface area contributed by atoms with E-state index in [0.29, 0.717) is 18.8 Å². The van der Waals surface area contributed by atoms with E-state index in [1.54, 1.807) is 4.31 Å². The molecule has 17 heavy (non-hydrogen) atoms. The van der Waals surface area contributed by atoms with Crippen LogP contribution in [0.3, 0.4) is 0 Å². The molecule has 0 atom stereocenters. The Labute approximate surface area is 101 Å². The van der Waals surface area contributed by atoms with Crippen LogP contribution in [0.1, 0.15) is 24.0 Å². The molecule has 0 spiro atoms. The van der Waals surface area contributed by atoms with Crippen LogP contribution >= 0.6 is 0 Å². The predicted octanol–water partition coefficient (Wildman–Crippen LogP) is 1.12. The topological polar surface area (TPSA) is 63.4 Å². The molecule has 0 unspecified atom stereocenters. The van der Waals surface area contributed by atoms with E-state index < -0.39 is 10.0 Å². The number of fused-ring (bicyclic) bond motifs is 1. The summed E-state index contributed by atoms with van der Waals surface area (Å²) in [5.41, 5.74) is 8.72. The summed E-state index contributed by atoms with van der Waals surface area (Å²) in [4.78, 5) is 0. The first-order valence-electron chi connectivity index (χ1n) is 5.93. The summed E-state index contributed by atoms with van der Waals surface area (Å²) in [5, 5.41) is -0.120. The number of rotatable bonds is 2. The van der Waals surface area contributed by atoms with Gasteiger partial charge >= 0.3 is 0 Å². The predicted molar refractivity (Wildman–Crippen MR) is 66.9 cm³/mol. The molecular formula is C12H16N2O2S. The molecule has 1 aliphatic carbocycles. The van der Waals surface area contributed by atoms with Gasteiger partial charge in [-0.3, -0.25) is 0 Å². The number of nitrogens with zero attached hydrogens (tertiary/aromatic N) is 1. The lowest BCUT2D eigenvalue weighted by molar-refractivity contribution is 0.390. The van der Waals surface area contributed by atoms with Gasteiger partial charge in [0.1, 0.15) is 0 Å². The van der Waals surface area contributed by atoms with Gasteiger partial charge in [0.25, 0.3) is 0 Å². The maximum Gasteiger partial charge on any atom is 0.217 e. The highest BCUT2D eigenvalue weighted by Crippen LogP contribution is 2.33. The van der Waals surface area contributed by atoms with Crippen LogP contribution in [0.2, 0.25) is 0 Å². The van der Waals surface area contributed by atoms with Gasteiger partial charge in [-0.2, -0.15) is 4.31 Å². The highest BCUT2D eigenvalue weighted by atomic mass is 32.2. The minimum absolute atomic E-state index is 0.120. The number of sulfonamides is 1. The van der Waals surface area contributed by atoms with E-state index in [-0.39, 0.29) is 5.25 Å². The molecule has 1 heterocycles. The highest BCUT2D eigenvalue weighted by molar-refractivity contribution is 7.90. The number of anilines is 1. The monoisotopic (exact) mass is 252 g/mol. The molecule has 3 rings (SSSR count). The van der Waals surface area contributed by atoms with Crippen molar-refractivity contribution in [3.8, 4) is 0 Å². The first-order valence-corrected chi connectivity index (χ1v) is 7.44. The first-order chi connectivity index (χ1) is 8.07. The van der Waals surface area contributed by atoms with Crippen LogP contribution in [-0.2, 0) is 23.0 Å². The third-order valence-electron chi connectivity index (χ3n) is 3.51. The standard InChI is InChI=1S/C12H16N2O2S/c13-11-2-1-9-5-6-14(8-10(9)7-11)17(15,16)12-3-4-12/h1-2,7,12H,3-6,8,13H2. The van der Waals surface area contributed by atoms with Crippen molar-refractivity contribution in [1.29, 1.82) is 0 Å². The third kappa shape index (κ3) is 1.93. The van der Waals surface area contributed by atoms with E-state index in [4.69, 9.17) is 5.73 Å². The fraction of sp³-hybridized carbons (Fsp3) is 0.500. The van der Waals surface area contributed by atoms with Gasteiger partial charge in [-0.25, -0.2) is 8.42 Å². The number of nitrogens with two attached hydrogens (primary N) is 1. The number of hydrogen-bond acceptors (Lipinski definition) is 3. The molecule has 1 fully saturated rings. The second-order valence-electron chi connectivity index (χ2n) is 4.86. The Morgan fingerprint density at radius 3 is 2.71 bits per heavy atom. The molecule has 0 saturated heterocycles. The normalized spacial score (nSPS) is 21.2. The molecule has 92 valence electrons. The van der Waals surface area contributed by atoms with Crippen molar-refractivity contribution in [3.63, 3.8) is 0 Å². The van der Waals surface area contributed by atoms with Gasteiger partial charge in [0.05, 0.1) is 5.25 Å². The quantitative estimate of drug-likeness (QED) is 0.802. The Hall–Kier alpha value is -1.07. The van der Waals surface area contributed by atoms with Crippen molar-refractivity contribution < 1.29 is 8.42 Å². The lowest BCUT2D eigenvalue weighted by atomic mass is 10.0. The molecule has 1 saturated carbocycles. The van der Waals surface area contributed by atoms with Crippen LogP contribution in [-0.4, -0.2) is 24.5 Å². The average Bonchev–Trinajstić information content (AvgIpc) is 3.12. The van der Waals surface area contributed by atoms with Crippen molar-refractivity contribution in [2.75, 3.05) is 12.3 Å². The van der Waals surface area contributed by atoms with Gasteiger partial charge in [-0.1, -0.05) is 6.07 Å². The molecule has 2 N–H and O–H groups in total. The smallest absolute Gasteiger partial charge is 0.217 e. The van der Waals surface area contributed by atoms with Crippen LogP contribution < -0.4 is 5.73 Å². The molecule has 0 radical (unpaired) electrons. The van der Waals surface area contributed by atoms with Gasteiger partial charge < -0.3 is 5.73 Å². The average molecular weight is 252 g/mol. The lowest BCUT2D eigenvalue weighted by Crippen LogP contribution is -2.38. The van der Waals surface area contributed by atoms with E-state index >= 15 is 0 Å². The van der Waals surface area contributed by atoms with Crippen molar-refractivity contribution in [1.82, 2.24) is 4.31 Å². The molecule has 5 heteroatoms. The summed E-state index contributed by atoms with van der Waals surface area (Å²) < 4.78 is 25.9. The molecule has 0 amide bonds. The highest BCUT2D eigenvalue weighted by Gasteiger charge is 2.40. The molecule has 1 aromatic carbocycles. The van der Waals surface area contributed by atoms with Crippen LogP contribution in [0, 0.1) is 0 Å². The van der Waals surface area contributed by atoms with E-state index in [1.165, 1.54) is 5.56 Å². The SMILES string of the molecule is Nc1ccc2c(c1)CN(S(=O)(=O)C1CC1)CC2. The lowest BCUT2D eigenvalue weighted by Gasteiger charge is -2.28. The Bertz CT molecular complexity index is 550. The fourth-order valence-electron chi connectivity index (χ4n) is 2.35. The van der Waals surface area contributed by atoms with E-state index in [0.717, 1.165) is 24.8 Å². The van der Waals surface area contributed by atoms with E-state index in [1.807, 2.05) is 18.2 Å². The molecule has 2 aliphatic rings. The minimum Gasteiger partial charge on any atom is -0.399 e. The molecule has 4 nitrogen and oxygen atoms in total. The Morgan fingerprint density at radius 2 is 2.00 bits per heavy atom. The molecule has 1 aromatic rings. The maximum atomic E-state index is 12.1. The van der Waals surface area contributed by atoms with Crippen molar-refractivity contribution in [3.05, 3.63) is 29.3 Å². The minimum atomic E-state index is -3.05. The van der Waals surface area contributed by atoms with Gasteiger partial charge in [0, 0.05) is 18.8 Å². The van der Waals surface area contributed by atoms with Crippen molar-refractivity contribution in [2.45, 2.75) is 31.1 Å². The molecular weight excluding hydrogens is 236 g/mol. The zero-order chi connectivity index (χ0) is 12.0. The molecule has 1 aliphatic heterocycles. The van der Waals surface area contributed by atoms with Gasteiger partial charge in [-0.15, -0.1) is 0 Å². The molecule has 0 bridgehead atoms.